The number of nitrogens with one attached hydrogen (secondary N) is 1. The third-order valence-electron chi connectivity index (χ3n) is 3.18. The van der Waals surface area contributed by atoms with Gasteiger partial charge in [-0.3, -0.25) is 14.2 Å². The van der Waals surface area contributed by atoms with Crippen LogP contribution in [-0.2, 0) is 6.54 Å². The Balaban J connectivity index is 1.67. The fourth-order valence-electron chi connectivity index (χ4n) is 2.15. The second-order valence-electron chi connectivity index (χ2n) is 4.78. The van der Waals surface area contributed by atoms with Crippen molar-refractivity contribution in [1.29, 1.82) is 0 Å². The number of fused-ring (bicyclic) bond motifs is 1. The molecule has 114 valence electrons. The van der Waals surface area contributed by atoms with Crippen molar-refractivity contribution in [1.82, 2.24) is 19.9 Å². The second kappa shape index (κ2) is 5.98. The van der Waals surface area contributed by atoms with Gasteiger partial charge in [0.05, 0.1) is 22.5 Å². The number of hydrogen-bond donors (Lipinski definition) is 1. The van der Waals surface area contributed by atoms with Crippen molar-refractivity contribution in [2.24, 2.45) is 0 Å². The zero-order valence-electron chi connectivity index (χ0n) is 12.1. The molecule has 0 fully saturated rings. The van der Waals surface area contributed by atoms with Crippen LogP contribution in [0.5, 0.6) is 0 Å². The Hall–Kier alpha value is -2.06. The van der Waals surface area contributed by atoms with Gasteiger partial charge >= 0.3 is 0 Å². The summed E-state index contributed by atoms with van der Waals surface area (Å²) >= 11 is 2.75. The number of aromatic nitrogens is 3. The highest BCUT2D eigenvalue weighted by atomic mass is 32.1. The number of carbonyl (C=O) groups is 1. The van der Waals surface area contributed by atoms with Gasteiger partial charge in [-0.05, 0) is 25.3 Å². The molecule has 3 aromatic rings. The molecule has 1 amide bonds. The van der Waals surface area contributed by atoms with Crippen molar-refractivity contribution in [3.63, 3.8) is 0 Å². The predicted molar refractivity (Wildman–Crippen MR) is 87.8 cm³/mol. The molecule has 0 atom stereocenters. The third kappa shape index (κ3) is 2.79. The van der Waals surface area contributed by atoms with E-state index < -0.39 is 0 Å². The summed E-state index contributed by atoms with van der Waals surface area (Å²) in [5, 5.41) is 5.53. The van der Waals surface area contributed by atoms with E-state index in [0.29, 0.717) is 28.2 Å². The fraction of sp³-hybridized carbons (Fsp3) is 0.286. The van der Waals surface area contributed by atoms with Crippen LogP contribution in [0.15, 0.2) is 22.6 Å². The molecule has 0 spiro atoms. The van der Waals surface area contributed by atoms with E-state index in [2.05, 4.69) is 15.3 Å². The molecule has 1 N–H and O–H groups in total. The quantitative estimate of drug-likeness (QED) is 0.791. The van der Waals surface area contributed by atoms with Crippen molar-refractivity contribution in [3.05, 3.63) is 43.7 Å². The molecule has 0 aromatic carbocycles. The van der Waals surface area contributed by atoms with Crippen LogP contribution in [0.25, 0.3) is 10.2 Å². The number of carbonyl (C=O) groups excluding carboxylic acids is 1. The van der Waals surface area contributed by atoms with Crippen LogP contribution >= 0.6 is 22.7 Å². The Morgan fingerprint density at radius 3 is 2.95 bits per heavy atom. The second-order valence-corrected chi connectivity index (χ2v) is 6.90. The first-order valence-electron chi connectivity index (χ1n) is 6.71. The summed E-state index contributed by atoms with van der Waals surface area (Å²) < 4.78 is 2.16. The van der Waals surface area contributed by atoms with Crippen LogP contribution in [0.2, 0.25) is 0 Å². The van der Waals surface area contributed by atoms with Crippen LogP contribution in [0.3, 0.4) is 0 Å². The molecule has 0 saturated carbocycles. The topological polar surface area (TPSA) is 76.9 Å². The molecule has 6 nitrogen and oxygen atoms in total. The van der Waals surface area contributed by atoms with E-state index in [1.54, 1.807) is 0 Å². The Morgan fingerprint density at radius 1 is 1.41 bits per heavy atom. The fourth-order valence-corrected chi connectivity index (χ4v) is 3.78. The lowest BCUT2D eigenvalue weighted by molar-refractivity contribution is 0.0955. The van der Waals surface area contributed by atoms with Gasteiger partial charge in [-0.25, -0.2) is 9.97 Å². The van der Waals surface area contributed by atoms with Gasteiger partial charge in [0, 0.05) is 13.1 Å². The van der Waals surface area contributed by atoms with Gasteiger partial charge in [-0.2, -0.15) is 0 Å². The van der Waals surface area contributed by atoms with Crippen molar-refractivity contribution in [2.75, 3.05) is 6.54 Å². The minimum absolute atomic E-state index is 0.0703. The molecule has 0 aliphatic heterocycles. The Labute approximate surface area is 134 Å². The molecule has 0 aliphatic carbocycles. The first-order valence-corrected chi connectivity index (χ1v) is 8.41. The maximum absolute atomic E-state index is 12.2. The SMILES string of the molecule is Cc1nc(C)c(C(=O)NCCn2cnc3ccsc3c2=O)s1. The van der Waals surface area contributed by atoms with Crippen LogP contribution in [-0.4, -0.2) is 27.0 Å². The van der Waals surface area contributed by atoms with Crippen molar-refractivity contribution in [3.8, 4) is 0 Å². The van der Waals surface area contributed by atoms with Crippen molar-refractivity contribution >= 4 is 38.8 Å². The summed E-state index contributed by atoms with van der Waals surface area (Å²) in [4.78, 5) is 33.4. The minimum Gasteiger partial charge on any atom is -0.349 e. The van der Waals surface area contributed by atoms with E-state index in [0.717, 1.165) is 10.7 Å². The number of amides is 1. The van der Waals surface area contributed by atoms with E-state index >= 15 is 0 Å². The Morgan fingerprint density at radius 2 is 2.23 bits per heavy atom. The van der Waals surface area contributed by atoms with Crippen LogP contribution < -0.4 is 10.9 Å². The lowest BCUT2D eigenvalue weighted by Crippen LogP contribution is -2.30. The van der Waals surface area contributed by atoms with Crippen molar-refractivity contribution in [2.45, 2.75) is 20.4 Å². The summed E-state index contributed by atoms with van der Waals surface area (Å²) in [5.74, 6) is -0.152. The molecule has 8 heteroatoms. The average molecular weight is 334 g/mol. The van der Waals surface area contributed by atoms with E-state index in [9.17, 15) is 9.59 Å². The number of nitrogens with zero attached hydrogens (tertiary/aromatic N) is 3. The molecule has 0 saturated heterocycles. The maximum atomic E-state index is 12.2. The molecule has 0 unspecified atom stereocenters. The summed E-state index contributed by atoms with van der Waals surface area (Å²) in [5.41, 5.74) is 1.38. The summed E-state index contributed by atoms with van der Waals surface area (Å²) in [6.45, 7) is 4.45. The first kappa shape index (κ1) is 14.9. The highest BCUT2D eigenvalue weighted by Gasteiger charge is 2.13. The van der Waals surface area contributed by atoms with Crippen LogP contribution in [0.1, 0.15) is 20.4 Å². The van der Waals surface area contributed by atoms with Gasteiger partial charge in [-0.1, -0.05) is 0 Å². The van der Waals surface area contributed by atoms with Crippen molar-refractivity contribution < 1.29 is 4.79 Å². The normalized spacial score (nSPS) is 11.0. The number of thiophene rings is 1. The van der Waals surface area contributed by atoms with Gasteiger partial charge in [0.15, 0.2) is 0 Å². The van der Waals surface area contributed by atoms with Crippen LogP contribution in [0.4, 0.5) is 0 Å². The summed E-state index contributed by atoms with van der Waals surface area (Å²) in [6.07, 6.45) is 1.52. The van der Waals surface area contributed by atoms with Crippen LogP contribution in [0, 0.1) is 13.8 Å². The number of rotatable bonds is 4. The third-order valence-corrected chi connectivity index (χ3v) is 5.15. The molecular weight excluding hydrogens is 320 g/mol. The first-order chi connectivity index (χ1) is 10.6. The average Bonchev–Trinajstić information content (AvgIpc) is 3.08. The highest BCUT2D eigenvalue weighted by molar-refractivity contribution is 7.17. The molecule has 3 rings (SSSR count). The zero-order chi connectivity index (χ0) is 15.7. The van der Waals surface area contributed by atoms with Gasteiger partial charge in [0.1, 0.15) is 9.58 Å². The molecule has 3 heterocycles. The van der Waals surface area contributed by atoms with E-state index in [4.69, 9.17) is 0 Å². The Kier molecular flexibility index (Phi) is 4.04. The van der Waals surface area contributed by atoms with Gasteiger partial charge in [0.2, 0.25) is 0 Å². The van der Waals surface area contributed by atoms with E-state index in [1.807, 2.05) is 25.3 Å². The van der Waals surface area contributed by atoms with E-state index in [-0.39, 0.29) is 11.5 Å². The number of aryl methyl sites for hydroxylation is 2. The molecular formula is C14H14N4O2S2. The summed E-state index contributed by atoms with van der Waals surface area (Å²) in [7, 11) is 0. The molecule has 22 heavy (non-hydrogen) atoms. The molecule has 0 radical (unpaired) electrons. The van der Waals surface area contributed by atoms with Gasteiger partial charge in [0.25, 0.3) is 11.5 Å². The maximum Gasteiger partial charge on any atom is 0.271 e. The predicted octanol–water partition coefficient (Wildman–Crippen LogP) is 1.96. The Bertz CT molecular complexity index is 894. The van der Waals surface area contributed by atoms with Gasteiger partial charge < -0.3 is 5.32 Å². The molecule has 3 aromatic heterocycles. The van der Waals surface area contributed by atoms with E-state index in [1.165, 1.54) is 33.6 Å². The summed E-state index contributed by atoms with van der Waals surface area (Å²) in [6, 6.07) is 1.82. The number of thiazole rings is 1. The number of hydrogen-bond acceptors (Lipinski definition) is 6. The highest BCUT2D eigenvalue weighted by Crippen LogP contribution is 2.16. The molecule has 0 bridgehead atoms. The standard InChI is InChI=1S/C14H14N4O2S2/c1-8-11(22-9(2)17-8)13(19)15-4-5-18-7-16-10-3-6-21-12(10)14(18)20/h3,6-7H,4-5H2,1-2H3,(H,15,19). The lowest BCUT2D eigenvalue weighted by Gasteiger charge is -2.06. The minimum atomic E-state index is -0.152. The van der Waals surface area contributed by atoms with Gasteiger partial charge in [-0.15, -0.1) is 22.7 Å². The zero-order valence-corrected chi connectivity index (χ0v) is 13.8. The monoisotopic (exact) mass is 334 g/mol. The smallest absolute Gasteiger partial charge is 0.271 e. The lowest BCUT2D eigenvalue weighted by atomic mass is 10.3. The molecule has 0 aliphatic rings. The largest absolute Gasteiger partial charge is 0.349 e.